The van der Waals surface area contributed by atoms with Crippen molar-refractivity contribution in [2.45, 2.75) is 19.8 Å². The number of carbonyl (C=O) groups is 1. The van der Waals surface area contributed by atoms with Crippen molar-refractivity contribution in [3.8, 4) is 17.3 Å². The van der Waals surface area contributed by atoms with E-state index in [4.69, 9.17) is 10.00 Å². The van der Waals surface area contributed by atoms with E-state index in [1.165, 1.54) is 16.6 Å². The summed E-state index contributed by atoms with van der Waals surface area (Å²) in [6.45, 7) is 1.94. The molecule has 1 aromatic carbocycles. The summed E-state index contributed by atoms with van der Waals surface area (Å²) in [4.78, 5) is 17.4. The molecule has 23 heavy (non-hydrogen) atoms. The molecular formula is C17H15N3O2S. The van der Waals surface area contributed by atoms with Crippen LogP contribution in [0, 0.1) is 11.3 Å². The molecule has 0 atom stereocenters. The highest BCUT2D eigenvalue weighted by Crippen LogP contribution is 2.37. The summed E-state index contributed by atoms with van der Waals surface area (Å²) in [6.07, 6.45) is 3.32. The van der Waals surface area contributed by atoms with Gasteiger partial charge in [0, 0.05) is 16.6 Å². The highest BCUT2D eigenvalue weighted by Gasteiger charge is 2.20. The topological polar surface area (TPSA) is 75.0 Å². The fourth-order valence-electron chi connectivity index (χ4n) is 2.49. The standard InChI is InChI=1S/C17H15N3O2S/c1-2-22-16(21)12(9-18)10-19-17-20-15-13-6-4-3-5-11(13)7-8-14(15)23-17/h3-6,10H,2,7-8H2,1H3,(H,19,20)/b12-10+. The van der Waals surface area contributed by atoms with E-state index in [9.17, 15) is 4.79 Å². The molecule has 116 valence electrons. The van der Waals surface area contributed by atoms with E-state index < -0.39 is 5.97 Å². The first kappa shape index (κ1) is 15.3. The minimum atomic E-state index is -0.630. The molecule has 3 rings (SSSR count). The Bertz CT molecular complexity index is 817. The van der Waals surface area contributed by atoms with Gasteiger partial charge in [-0.1, -0.05) is 24.3 Å². The lowest BCUT2D eigenvalue weighted by molar-refractivity contribution is -0.138. The predicted octanol–water partition coefficient (Wildman–Crippen LogP) is 3.29. The second-order valence-electron chi connectivity index (χ2n) is 4.98. The second-order valence-corrected chi connectivity index (χ2v) is 6.07. The summed E-state index contributed by atoms with van der Waals surface area (Å²) in [5.74, 6) is -0.630. The van der Waals surface area contributed by atoms with Gasteiger partial charge in [0.2, 0.25) is 0 Å². The largest absolute Gasteiger partial charge is 0.462 e. The van der Waals surface area contributed by atoms with E-state index in [1.54, 1.807) is 18.3 Å². The van der Waals surface area contributed by atoms with E-state index in [1.807, 2.05) is 18.2 Å². The van der Waals surface area contributed by atoms with Crippen molar-refractivity contribution < 1.29 is 9.53 Å². The quantitative estimate of drug-likeness (QED) is 0.530. The molecule has 0 fully saturated rings. The number of ether oxygens (including phenoxy) is 1. The van der Waals surface area contributed by atoms with Crippen LogP contribution in [-0.4, -0.2) is 17.6 Å². The Labute approximate surface area is 138 Å². The number of aryl methyl sites for hydroxylation is 2. The lowest BCUT2D eigenvalue weighted by atomic mass is 9.94. The minimum Gasteiger partial charge on any atom is -0.462 e. The van der Waals surface area contributed by atoms with Gasteiger partial charge in [-0.3, -0.25) is 0 Å². The maximum Gasteiger partial charge on any atom is 0.350 e. The molecule has 0 saturated heterocycles. The highest BCUT2D eigenvalue weighted by atomic mass is 32.1. The second kappa shape index (κ2) is 6.63. The molecule has 1 aliphatic rings. The van der Waals surface area contributed by atoms with Crippen molar-refractivity contribution in [2.24, 2.45) is 0 Å². The van der Waals surface area contributed by atoms with Gasteiger partial charge in [0.25, 0.3) is 0 Å². The van der Waals surface area contributed by atoms with Crippen LogP contribution in [0.1, 0.15) is 17.4 Å². The normalized spacial score (nSPS) is 12.8. The average Bonchev–Trinajstić information content (AvgIpc) is 2.99. The molecule has 0 unspecified atom stereocenters. The lowest BCUT2D eigenvalue weighted by Gasteiger charge is -2.13. The van der Waals surface area contributed by atoms with E-state index in [0.29, 0.717) is 5.13 Å². The molecule has 0 spiro atoms. The molecule has 1 heterocycles. The Morgan fingerprint density at radius 1 is 1.48 bits per heavy atom. The number of hydrogen-bond donors (Lipinski definition) is 1. The molecule has 2 aromatic rings. The van der Waals surface area contributed by atoms with Crippen molar-refractivity contribution in [3.63, 3.8) is 0 Å². The monoisotopic (exact) mass is 325 g/mol. The van der Waals surface area contributed by atoms with Crippen molar-refractivity contribution in [3.05, 3.63) is 46.5 Å². The van der Waals surface area contributed by atoms with Gasteiger partial charge < -0.3 is 10.1 Å². The van der Waals surface area contributed by atoms with Gasteiger partial charge in [0.1, 0.15) is 6.07 Å². The van der Waals surface area contributed by atoms with E-state index in [2.05, 4.69) is 22.4 Å². The van der Waals surface area contributed by atoms with Gasteiger partial charge in [-0.05, 0) is 25.3 Å². The molecule has 0 radical (unpaired) electrons. The number of rotatable bonds is 4. The van der Waals surface area contributed by atoms with Gasteiger partial charge in [-0.25, -0.2) is 9.78 Å². The van der Waals surface area contributed by atoms with Crippen molar-refractivity contribution in [2.75, 3.05) is 11.9 Å². The SMILES string of the molecule is CCOC(=O)/C(C#N)=C/Nc1nc2c(s1)CCc1ccccc1-2. The van der Waals surface area contributed by atoms with Crippen LogP contribution in [0.5, 0.6) is 0 Å². The molecule has 1 aromatic heterocycles. The summed E-state index contributed by atoms with van der Waals surface area (Å²) in [6, 6.07) is 10.1. The highest BCUT2D eigenvalue weighted by molar-refractivity contribution is 7.16. The van der Waals surface area contributed by atoms with E-state index in [-0.39, 0.29) is 12.2 Å². The van der Waals surface area contributed by atoms with Crippen LogP contribution in [0.4, 0.5) is 5.13 Å². The Balaban J connectivity index is 1.84. The van der Waals surface area contributed by atoms with Crippen molar-refractivity contribution >= 4 is 22.4 Å². The summed E-state index contributed by atoms with van der Waals surface area (Å²) in [7, 11) is 0. The minimum absolute atomic E-state index is 0.0691. The van der Waals surface area contributed by atoms with Crippen LogP contribution >= 0.6 is 11.3 Å². The molecule has 0 aliphatic heterocycles. The maximum absolute atomic E-state index is 11.6. The Kier molecular flexibility index (Phi) is 4.40. The number of carbonyl (C=O) groups excluding carboxylic acids is 1. The number of nitriles is 1. The van der Waals surface area contributed by atoms with Gasteiger partial charge in [-0.15, -0.1) is 11.3 Å². The lowest BCUT2D eigenvalue weighted by Crippen LogP contribution is -2.07. The molecule has 1 aliphatic carbocycles. The fraction of sp³-hybridized carbons (Fsp3) is 0.235. The average molecular weight is 325 g/mol. The molecule has 1 N–H and O–H groups in total. The summed E-state index contributed by atoms with van der Waals surface area (Å²) >= 11 is 1.55. The molecular weight excluding hydrogens is 310 g/mol. The summed E-state index contributed by atoms with van der Waals surface area (Å²) in [5.41, 5.74) is 3.38. The van der Waals surface area contributed by atoms with Crippen LogP contribution in [0.2, 0.25) is 0 Å². The van der Waals surface area contributed by atoms with Crippen LogP contribution in [0.25, 0.3) is 11.3 Å². The smallest absolute Gasteiger partial charge is 0.350 e. The van der Waals surface area contributed by atoms with Crippen LogP contribution in [0.3, 0.4) is 0 Å². The third-order valence-electron chi connectivity index (χ3n) is 3.55. The molecule has 5 nitrogen and oxygen atoms in total. The number of aromatic nitrogens is 1. The zero-order chi connectivity index (χ0) is 16.2. The van der Waals surface area contributed by atoms with Crippen molar-refractivity contribution in [1.29, 1.82) is 5.26 Å². The fourth-order valence-corrected chi connectivity index (χ4v) is 3.44. The van der Waals surface area contributed by atoms with Crippen LogP contribution in [0.15, 0.2) is 36.0 Å². The zero-order valence-electron chi connectivity index (χ0n) is 12.6. The Hall–Kier alpha value is -2.65. The van der Waals surface area contributed by atoms with E-state index >= 15 is 0 Å². The number of nitrogens with one attached hydrogen (secondary N) is 1. The summed E-state index contributed by atoms with van der Waals surface area (Å²) < 4.78 is 4.82. The number of esters is 1. The number of nitrogens with zero attached hydrogens (tertiary/aromatic N) is 2. The number of anilines is 1. The number of benzene rings is 1. The Morgan fingerprint density at radius 2 is 2.30 bits per heavy atom. The van der Waals surface area contributed by atoms with Gasteiger partial charge in [0.05, 0.1) is 12.3 Å². The van der Waals surface area contributed by atoms with E-state index in [0.717, 1.165) is 24.1 Å². The molecule has 0 amide bonds. The first-order valence-corrected chi connectivity index (χ1v) is 8.16. The van der Waals surface area contributed by atoms with Crippen LogP contribution in [-0.2, 0) is 22.4 Å². The van der Waals surface area contributed by atoms with Gasteiger partial charge in [-0.2, -0.15) is 5.26 Å². The van der Waals surface area contributed by atoms with Crippen LogP contribution < -0.4 is 5.32 Å². The molecule has 0 saturated carbocycles. The zero-order valence-corrected chi connectivity index (χ0v) is 13.4. The predicted molar refractivity (Wildman–Crippen MR) is 88.9 cm³/mol. The molecule has 0 bridgehead atoms. The maximum atomic E-state index is 11.6. The summed E-state index contributed by atoms with van der Waals surface area (Å²) in [5, 5.41) is 12.6. The molecule has 6 heteroatoms. The first-order valence-electron chi connectivity index (χ1n) is 7.34. The van der Waals surface area contributed by atoms with Crippen molar-refractivity contribution in [1.82, 2.24) is 4.98 Å². The third-order valence-corrected chi connectivity index (χ3v) is 4.59. The number of thiazole rings is 1. The van der Waals surface area contributed by atoms with Gasteiger partial charge in [0.15, 0.2) is 10.7 Å². The Morgan fingerprint density at radius 3 is 3.09 bits per heavy atom. The van der Waals surface area contributed by atoms with Gasteiger partial charge >= 0.3 is 5.97 Å². The third kappa shape index (κ3) is 3.10. The first-order chi connectivity index (χ1) is 11.2. The number of fused-ring (bicyclic) bond motifs is 3. The number of hydrogen-bond acceptors (Lipinski definition) is 6.